The Hall–Kier alpha value is -1.26. The molecule has 2 rings (SSSR count). The highest BCUT2D eigenvalue weighted by Gasteiger charge is 2.03. The zero-order valence-corrected chi connectivity index (χ0v) is 11.8. The minimum Gasteiger partial charge on any atom is -0.306 e. The average Bonchev–Trinajstić information content (AvgIpc) is 2.81. The molecule has 0 aromatic carbocycles. The van der Waals surface area contributed by atoms with Crippen molar-refractivity contribution < 1.29 is 0 Å². The summed E-state index contributed by atoms with van der Waals surface area (Å²) in [6.07, 6.45) is 7.79. The number of aromatic nitrogens is 2. The third-order valence-corrected chi connectivity index (χ3v) is 3.88. The minimum absolute atomic E-state index is 1.05. The van der Waals surface area contributed by atoms with Crippen molar-refractivity contribution in [2.45, 2.75) is 19.8 Å². The SMILES string of the molecule is Cc1cnc(CCN(C)CCc2ccncc2)s1. The summed E-state index contributed by atoms with van der Waals surface area (Å²) in [6.45, 7) is 4.25. The van der Waals surface area contributed by atoms with E-state index < -0.39 is 0 Å². The largest absolute Gasteiger partial charge is 0.306 e. The molecule has 0 amide bonds. The Morgan fingerprint density at radius 1 is 1.17 bits per heavy atom. The van der Waals surface area contributed by atoms with Crippen LogP contribution in [0.3, 0.4) is 0 Å². The van der Waals surface area contributed by atoms with Crippen LogP contribution < -0.4 is 0 Å². The monoisotopic (exact) mass is 261 g/mol. The molecule has 2 aromatic rings. The number of hydrogen-bond acceptors (Lipinski definition) is 4. The molecule has 0 spiro atoms. The van der Waals surface area contributed by atoms with Gasteiger partial charge in [0, 0.05) is 43.0 Å². The van der Waals surface area contributed by atoms with Gasteiger partial charge < -0.3 is 4.90 Å². The first-order valence-electron chi connectivity index (χ1n) is 6.23. The molecular weight excluding hydrogens is 242 g/mol. The van der Waals surface area contributed by atoms with Crippen molar-refractivity contribution >= 4 is 11.3 Å². The van der Waals surface area contributed by atoms with Gasteiger partial charge in [-0.05, 0) is 38.1 Å². The van der Waals surface area contributed by atoms with Gasteiger partial charge in [-0.3, -0.25) is 4.98 Å². The first-order valence-corrected chi connectivity index (χ1v) is 7.04. The van der Waals surface area contributed by atoms with Gasteiger partial charge in [0.25, 0.3) is 0 Å². The lowest BCUT2D eigenvalue weighted by molar-refractivity contribution is 0.342. The summed E-state index contributed by atoms with van der Waals surface area (Å²) in [5.74, 6) is 0. The first kappa shape index (κ1) is 13.2. The third kappa shape index (κ3) is 4.20. The van der Waals surface area contributed by atoms with Crippen molar-refractivity contribution in [1.82, 2.24) is 14.9 Å². The fourth-order valence-electron chi connectivity index (χ4n) is 1.78. The predicted octanol–water partition coefficient (Wildman–Crippen LogP) is 2.56. The van der Waals surface area contributed by atoms with E-state index in [1.807, 2.05) is 18.6 Å². The second-order valence-corrected chi connectivity index (χ2v) is 5.84. The number of nitrogens with zero attached hydrogens (tertiary/aromatic N) is 3. The van der Waals surface area contributed by atoms with Crippen LogP contribution in [-0.2, 0) is 12.8 Å². The lowest BCUT2D eigenvalue weighted by Gasteiger charge is -2.15. The summed E-state index contributed by atoms with van der Waals surface area (Å²) in [6, 6.07) is 4.16. The number of aryl methyl sites for hydroxylation is 1. The van der Waals surface area contributed by atoms with Crippen molar-refractivity contribution in [3.63, 3.8) is 0 Å². The van der Waals surface area contributed by atoms with Crippen LogP contribution in [0.25, 0.3) is 0 Å². The number of hydrogen-bond donors (Lipinski definition) is 0. The van der Waals surface area contributed by atoms with Crippen LogP contribution in [0.15, 0.2) is 30.7 Å². The second-order valence-electron chi connectivity index (χ2n) is 4.52. The van der Waals surface area contributed by atoms with Crippen molar-refractivity contribution in [2.24, 2.45) is 0 Å². The fraction of sp³-hybridized carbons (Fsp3) is 0.429. The summed E-state index contributed by atoms with van der Waals surface area (Å²) in [7, 11) is 2.17. The predicted molar refractivity (Wildman–Crippen MR) is 76.0 cm³/mol. The van der Waals surface area contributed by atoms with E-state index in [0.29, 0.717) is 0 Å². The molecule has 0 aliphatic rings. The normalized spacial score (nSPS) is 11.1. The quantitative estimate of drug-likeness (QED) is 0.800. The van der Waals surface area contributed by atoms with E-state index in [0.717, 1.165) is 25.9 Å². The highest BCUT2D eigenvalue weighted by Crippen LogP contribution is 2.11. The van der Waals surface area contributed by atoms with Gasteiger partial charge in [-0.25, -0.2) is 4.98 Å². The van der Waals surface area contributed by atoms with E-state index in [1.54, 1.807) is 11.3 Å². The van der Waals surface area contributed by atoms with Gasteiger partial charge in [0.1, 0.15) is 0 Å². The lowest BCUT2D eigenvalue weighted by Crippen LogP contribution is -2.23. The Morgan fingerprint density at radius 2 is 1.89 bits per heavy atom. The first-order chi connectivity index (χ1) is 8.74. The summed E-state index contributed by atoms with van der Waals surface area (Å²) in [4.78, 5) is 12.1. The molecule has 0 atom stereocenters. The Balaban J connectivity index is 1.71. The summed E-state index contributed by atoms with van der Waals surface area (Å²) < 4.78 is 0. The number of pyridine rings is 1. The van der Waals surface area contributed by atoms with Crippen molar-refractivity contribution in [2.75, 3.05) is 20.1 Å². The van der Waals surface area contributed by atoms with Crippen LogP contribution in [0.5, 0.6) is 0 Å². The van der Waals surface area contributed by atoms with E-state index in [4.69, 9.17) is 0 Å². The van der Waals surface area contributed by atoms with Gasteiger partial charge >= 0.3 is 0 Å². The molecule has 2 heterocycles. The van der Waals surface area contributed by atoms with E-state index >= 15 is 0 Å². The van der Waals surface area contributed by atoms with Gasteiger partial charge in [0.15, 0.2) is 0 Å². The van der Waals surface area contributed by atoms with Gasteiger partial charge in [0.2, 0.25) is 0 Å². The Labute approximate surface area is 113 Å². The molecule has 3 nitrogen and oxygen atoms in total. The van der Waals surface area contributed by atoms with E-state index in [2.05, 4.69) is 41.0 Å². The maximum Gasteiger partial charge on any atom is 0.0940 e. The zero-order valence-electron chi connectivity index (χ0n) is 11.0. The maximum atomic E-state index is 4.39. The lowest BCUT2D eigenvalue weighted by atomic mass is 10.2. The molecular formula is C14H19N3S. The smallest absolute Gasteiger partial charge is 0.0940 e. The molecule has 0 N–H and O–H groups in total. The van der Waals surface area contributed by atoms with Crippen molar-refractivity contribution in [3.8, 4) is 0 Å². The fourth-order valence-corrected chi connectivity index (χ4v) is 2.56. The van der Waals surface area contributed by atoms with Crippen LogP contribution in [0.1, 0.15) is 15.4 Å². The zero-order chi connectivity index (χ0) is 12.8. The second kappa shape index (κ2) is 6.61. The van der Waals surface area contributed by atoms with Crippen molar-refractivity contribution in [3.05, 3.63) is 46.2 Å². The highest BCUT2D eigenvalue weighted by molar-refractivity contribution is 7.11. The van der Waals surface area contributed by atoms with Gasteiger partial charge in [-0.2, -0.15) is 0 Å². The van der Waals surface area contributed by atoms with Crippen molar-refractivity contribution in [1.29, 1.82) is 0 Å². The molecule has 0 saturated heterocycles. The van der Waals surface area contributed by atoms with Crippen LogP contribution >= 0.6 is 11.3 Å². The Morgan fingerprint density at radius 3 is 2.56 bits per heavy atom. The molecule has 0 radical (unpaired) electrons. The number of thiazole rings is 1. The number of likely N-dealkylation sites (N-methyl/N-ethyl adjacent to an activating group) is 1. The molecule has 96 valence electrons. The van der Waals surface area contributed by atoms with Crippen LogP contribution in [0.4, 0.5) is 0 Å². The van der Waals surface area contributed by atoms with Gasteiger partial charge in [0.05, 0.1) is 5.01 Å². The average molecular weight is 261 g/mol. The van der Waals surface area contributed by atoms with Gasteiger partial charge in [-0.15, -0.1) is 11.3 Å². The van der Waals surface area contributed by atoms with Crippen LogP contribution in [0, 0.1) is 6.92 Å². The molecule has 0 fully saturated rings. The van der Waals surface area contributed by atoms with Crippen LogP contribution in [-0.4, -0.2) is 35.0 Å². The molecule has 0 aliphatic heterocycles. The molecule has 0 bridgehead atoms. The third-order valence-electron chi connectivity index (χ3n) is 2.91. The maximum absolute atomic E-state index is 4.39. The molecule has 18 heavy (non-hydrogen) atoms. The van der Waals surface area contributed by atoms with Gasteiger partial charge in [-0.1, -0.05) is 0 Å². The van der Waals surface area contributed by atoms with Crippen LogP contribution in [0.2, 0.25) is 0 Å². The van der Waals surface area contributed by atoms with E-state index in [1.165, 1.54) is 15.4 Å². The highest BCUT2D eigenvalue weighted by atomic mass is 32.1. The molecule has 0 saturated carbocycles. The number of rotatable bonds is 6. The molecule has 2 aromatic heterocycles. The molecule has 0 unspecified atom stereocenters. The molecule has 4 heteroatoms. The summed E-state index contributed by atoms with van der Waals surface area (Å²) in [5.41, 5.74) is 1.35. The summed E-state index contributed by atoms with van der Waals surface area (Å²) >= 11 is 1.80. The minimum atomic E-state index is 1.05. The van der Waals surface area contributed by atoms with E-state index in [9.17, 15) is 0 Å². The topological polar surface area (TPSA) is 29.0 Å². The standard InChI is InChI=1S/C14H19N3S/c1-12-11-16-14(18-12)6-10-17(2)9-5-13-3-7-15-8-4-13/h3-4,7-8,11H,5-6,9-10H2,1-2H3. The van der Waals surface area contributed by atoms with E-state index in [-0.39, 0.29) is 0 Å². The Bertz CT molecular complexity index is 467. The summed E-state index contributed by atoms with van der Waals surface area (Å²) in [5, 5.41) is 1.24. The Kier molecular flexibility index (Phi) is 4.84. The molecule has 0 aliphatic carbocycles.